The summed E-state index contributed by atoms with van der Waals surface area (Å²) in [6.45, 7) is 2.01. The topological polar surface area (TPSA) is 74.8 Å². The number of carboxylic acid groups (broad SMARTS) is 1. The number of aromatic carboxylic acids is 1. The Morgan fingerprint density at radius 2 is 1.83 bits per heavy atom. The van der Waals surface area contributed by atoms with E-state index in [-0.39, 0.29) is 5.56 Å². The zero-order valence-electron chi connectivity index (χ0n) is 16.6. The highest BCUT2D eigenvalue weighted by atomic mass is 16.4. The second kappa shape index (κ2) is 7.11. The highest BCUT2D eigenvalue weighted by molar-refractivity contribution is 5.96. The van der Waals surface area contributed by atoms with Gasteiger partial charge in [0, 0.05) is 12.1 Å². The van der Waals surface area contributed by atoms with Crippen LogP contribution in [0.1, 0.15) is 57.7 Å². The average molecular weight is 398 g/mol. The molecule has 0 radical (unpaired) electrons. The van der Waals surface area contributed by atoms with Gasteiger partial charge in [-0.1, -0.05) is 42.5 Å². The third-order valence-electron chi connectivity index (χ3n) is 5.73. The largest absolute Gasteiger partial charge is 0.478 e. The van der Waals surface area contributed by atoms with Gasteiger partial charge in [0.1, 0.15) is 11.8 Å². The van der Waals surface area contributed by atoms with E-state index in [4.69, 9.17) is 4.98 Å². The molecule has 0 saturated heterocycles. The summed E-state index contributed by atoms with van der Waals surface area (Å²) in [5, 5.41) is 20.6. The third-order valence-corrected chi connectivity index (χ3v) is 5.73. The summed E-state index contributed by atoms with van der Waals surface area (Å²) >= 11 is 0. The summed E-state index contributed by atoms with van der Waals surface area (Å²) in [7, 11) is 0. The molecule has 0 aliphatic heterocycles. The summed E-state index contributed by atoms with van der Waals surface area (Å²) in [6.07, 6.45) is 3.60. The first kappa shape index (κ1) is 18.6. The molecule has 2 aromatic heterocycles. The molecule has 1 fully saturated rings. The van der Waals surface area contributed by atoms with E-state index in [0.717, 1.165) is 33.7 Å². The molecule has 1 aliphatic rings. The van der Waals surface area contributed by atoms with E-state index < -0.39 is 12.1 Å². The summed E-state index contributed by atoms with van der Waals surface area (Å²) in [4.78, 5) is 16.3. The van der Waals surface area contributed by atoms with Gasteiger partial charge in [0.25, 0.3) is 0 Å². The molecule has 5 rings (SSSR count). The molecule has 150 valence electrons. The lowest BCUT2D eigenvalue weighted by Crippen LogP contribution is -2.06. The van der Waals surface area contributed by atoms with Crippen LogP contribution >= 0.6 is 0 Å². The van der Waals surface area contributed by atoms with Gasteiger partial charge in [-0.2, -0.15) is 0 Å². The van der Waals surface area contributed by atoms with E-state index >= 15 is 0 Å². The Morgan fingerprint density at radius 3 is 2.53 bits per heavy atom. The number of carboxylic acids is 1. The standard InChI is InChI=1S/C25H22N2O3/c1-15-12-22(27-14-21(17-8-9-17)26-23(27)13-15)24(28)18-10-6-16(7-11-18)19-4-2-3-5-20(19)25(29)30/h2-7,10-14,17,24,28H,8-9H2,1H3,(H,29,30)/t24-/m1/s1. The molecule has 1 aliphatic carbocycles. The number of aliphatic hydroxyl groups is 1. The van der Waals surface area contributed by atoms with Crippen molar-refractivity contribution in [3.8, 4) is 11.1 Å². The molecule has 0 amide bonds. The van der Waals surface area contributed by atoms with Crippen LogP contribution in [-0.2, 0) is 0 Å². The van der Waals surface area contributed by atoms with Gasteiger partial charge < -0.3 is 14.6 Å². The van der Waals surface area contributed by atoms with Crippen LogP contribution in [0.15, 0.2) is 66.9 Å². The fourth-order valence-corrected chi connectivity index (χ4v) is 3.99. The summed E-state index contributed by atoms with van der Waals surface area (Å²) in [5.41, 5.74) is 6.26. The molecule has 1 atom stereocenters. The molecule has 0 bridgehead atoms. The van der Waals surface area contributed by atoms with Crippen LogP contribution in [-0.4, -0.2) is 25.6 Å². The van der Waals surface area contributed by atoms with Crippen molar-refractivity contribution in [2.24, 2.45) is 0 Å². The van der Waals surface area contributed by atoms with Crippen LogP contribution in [0.4, 0.5) is 0 Å². The third kappa shape index (κ3) is 3.27. The Balaban J connectivity index is 1.52. The van der Waals surface area contributed by atoms with E-state index in [1.807, 2.05) is 60.0 Å². The second-order valence-electron chi connectivity index (χ2n) is 8.00. The number of imidazole rings is 1. The van der Waals surface area contributed by atoms with Crippen LogP contribution in [0.5, 0.6) is 0 Å². The number of aromatic nitrogens is 2. The minimum Gasteiger partial charge on any atom is -0.478 e. The Labute approximate surface area is 174 Å². The lowest BCUT2D eigenvalue weighted by atomic mass is 9.97. The maximum atomic E-state index is 11.5. The van der Waals surface area contributed by atoms with Crippen LogP contribution in [0.25, 0.3) is 16.8 Å². The first-order valence-electron chi connectivity index (χ1n) is 10.1. The number of carbonyl (C=O) groups is 1. The van der Waals surface area contributed by atoms with Crippen molar-refractivity contribution >= 4 is 11.6 Å². The van der Waals surface area contributed by atoms with Crippen LogP contribution in [0.2, 0.25) is 0 Å². The Hall–Kier alpha value is -3.44. The van der Waals surface area contributed by atoms with Crippen molar-refractivity contribution in [2.45, 2.75) is 31.8 Å². The van der Waals surface area contributed by atoms with Gasteiger partial charge in [0.15, 0.2) is 0 Å². The van der Waals surface area contributed by atoms with Crippen molar-refractivity contribution < 1.29 is 15.0 Å². The van der Waals surface area contributed by atoms with E-state index in [1.54, 1.807) is 18.2 Å². The molecule has 1 saturated carbocycles. The quantitative estimate of drug-likeness (QED) is 0.498. The highest BCUT2D eigenvalue weighted by Gasteiger charge is 2.27. The number of fused-ring (bicyclic) bond motifs is 1. The molecule has 0 unspecified atom stereocenters. The van der Waals surface area contributed by atoms with Crippen molar-refractivity contribution in [3.63, 3.8) is 0 Å². The molecule has 4 aromatic rings. The van der Waals surface area contributed by atoms with Gasteiger partial charge in [-0.05, 0) is 60.2 Å². The molecule has 2 heterocycles. The van der Waals surface area contributed by atoms with Crippen molar-refractivity contribution in [1.29, 1.82) is 0 Å². The van der Waals surface area contributed by atoms with Gasteiger partial charge >= 0.3 is 5.97 Å². The van der Waals surface area contributed by atoms with Gasteiger partial charge in [-0.3, -0.25) is 0 Å². The maximum Gasteiger partial charge on any atom is 0.336 e. The van der Waals surface area contributed by atoms with Crippen LogP contribution < -0.4 is 0 Å². The van der Waals surface area contributed by atoms with Crippen molar-refractivity contribution in [3.05, 3.63) is 94.9 Å². The number of aryl methyl sites for hydroxylation is 1. The molecule has 30 heavy (non-hydrogen) atoms. The first-order valence-corrected chi connectivity index (χ1v) is 10.1. The molecule has 2 aromatic carbocycles. The first-order chi connectivity index (χ1) is 14.5. The number of hydrogen-bond acceptors (Lipinski definition) is 3. The zero-order chi connectivity index (χ0) is 20.8. The predicted octanol–water partition coefficient (Wildman–Crippen LogP) is 4.97. The number of aliphatic hydroxyl groups excluding tert-OH is 1. The number of rotatable bonds is 5. The number of benzene rings is 2. The molecule has 5 heteroatoms. The second-order valence-corrected chi connectivity index (χ2v) is 8.00. The molecule has 5 nitrogen and oxygen atoms in total. The minimum absolute atomic E-state index is 0.261. The smallest absolute Gasteiger partial charge is 0.336 e. The Morgan fingerprint density at radius 1 is 1.10 bits per heavy atom. The van der Waals surface area contributed by atoms with Crippen molar-refractivity contribution in [1.82, 2.24) is 9.38 Å². The van der Waals surface area contributed by atoms with Crippen LogP contribution in [0, 0.1) is 6.92 Å². The lowest BCUT2D eigenvalue weighted by Gasteiger charge is -2.15. The van der Waals surface area contributed by atoms with Gasteiger partial charge in [0.2, 0.25) is 0 Å². The number of hydrogen-bond donors (Lipinski definition) is 2. The minimum atomic E-state index is -0.955. The fourth-order valence-electron chi connectivity index (χ4n) is 3.99. The Bertz CT molecular complexity index is 1250. The monoisotopic (exact) mass is 398 g/mol. The number of nitrogens with zero attached hydrogens (tertiary/aromatic N) is 2. The normalized spacial score (nSPS) is 14.7. The molecular formula is C25H22N2O3. The van der Waals surface area contributed by atoms with Gasteiger partial charge in [-0.25, -0.2) is 9.78 Å². The molecule has 0 spiro atoms. The summed E-state index contributed by atoms with van der Waals surface area (Å²) < 4.78 is 1.99. The van der Waals surface area contributed by atoms with Gasteiger partial charge in [-0.15, -0.1) is 0 Å². The average Bonchev–Trinajstić information content (AvgIpc) is 3.52. The van der Waals surface area contributed by atoms with Gasteiger partial charge in [0.05, 0.1) is 17.0 Å². The van der Waals surface area contributed by atoms with E-state index in [2.05, 4.69) is 0 Å². The van der Waals surface area contributed by atoms with Crippen LogP contribution in [0.3, 0.4) is 0 Å². The van der Waals surface area contributed by atoms with E-state index in [1.165, 1.54) is 12.8 Å². The summed E-state index contributed by atoms with van der Waals surface area (Å²) in [5.74, 6) is -0.410. The van der Waals surface area contributed by atoms with Crippen molar-refractivity contribution in [2.75, 3.05) is 0 Å². The van der Waals surface area contributed by atoms with E-state index in [0.29, 0.717) is 11.5 Å². The predicted molar refractivity (Wildman–Crippen MR) is 115 cm³/mol. The molecular weight excluding hydrogens is 376 g/mol. The summed E-state index contributed by atoms with van der Waals surface area (Å²) in [6, 6.07) is 18.4. The maximum absolute atomic E-state index is 11.5. The molecule has 2 N–H and O–H groups in total. The van der Waals surface area contributed by atoms with E-state index in [9.17, 15) is 15.0 Å². The SMILES string of the molecule is Cc1cc([C@H](O)c2ccc(-c3ccccc3C(=O)O)cc2)n2cc(C3CC3)nc2c1. The number of pyridine rings is 1. The Kier molecular flexibility index (Phi) is 4.40. The highest BCUT2D eigenvalue weighted by Crippen LogP contribution is 2.40. The fraction of sp³-hybridized carbons (Fsp3) is 0.200. The lowest BCUT2D eigenvalue weighted by molar-refractivity contribution is 0.0697. The zero-order valence-corrected chi connectivity index (χ0v) is 16.6.